The lowest BCUT2D eigenvalue weighted by Crippen LogP contribution is -2.33. The highest BCUT2D eigenvalue weighted by Gasteiger charge is 2.17. The van der Waals surface area contributed by atoms with Crippen LogP contribution in [0.2, 0.25) is 0 Å². The molecule has 1 amide bonds. The number of ether oxygens (including phenoxy) is 1. The summed E-state index contributed by atoms with van der Waals surface area (Å²) in [5.74, 6) is 1.41. The van der Waals surface area contributed by atoms with Gasteiger partial charge in [-0.25, -0.2) is 0 Å². The molecule has 5 heteroatoms. The number of aliphatic hydroxyl groups excluding tert-OH is 1. The van der Waals surface area contributed by atoms with Crippen LogP contribution in [0.15, 0.2) is 47.1 Å². The van der Waals surface area contributed by atoms with Crippen LogP contribution in [0.1, 0.15) is 49.4 Å². The van der Waals surface area contributed by atoms with Crippen molar-refractivity contribution >= 4 is 5.91 Å². The Morgan fingerprint density at radius 2 is 2.04 bits per heavy atom. The molecule has 5 nitrogen and oxygen atoms in total. The first-order valence-corrected chi connectivity index (χ1v) is 8.21. The van der Waals surface area contributed by atoms with E-state index >= 15 is 0 Å². The van der Waals surface area contributed by atoms with E-state index < -0.39 is 6.10 Å². The van der Waals surface area contributed by atoms with Crippen molar-refractivity contribution in [1.82, 2.24) is 5.32 Å². The number of furan rings is 1. The maximum absolute atomic E-state index is 12.3. The Bertz CT molecular complexity index is 637. The minimum atomic E-state index is -0.740. The molecule has 2 rings (SSSR count). The number of carbonyl (C=O) groups is 1. The van der Waals surface area contributed by atoms with E-state index in [9.17, 15) is 9.90 Å². The van der Waals surface area contributed by atoms with Crippen molar-refractivity contribution in [2.24, 2.45) is 5.92 Å². The number of hydrogen-bond acceptors (Lipinski definition) is 4. The van der Waals surface area contributed by atoms with Gasteiger partial charge >= 0.3 is 0 Å². The summed E-state index contributed by atoms with van der Waals surface area (Å²) in [5.41, 5.74) is 0.538. The number of amides is 1. The summed E-state index contributed by atoms with van der Waals surface area (Å²) < 4.78 is 10.8. The van der Waals surface area contributed by atoms with Gasteiger partial charge in [0.25, 0.3) is 5.91 Å². The summed E-state index contributed by atoms with van der Waals surface area (Å²) in [5, 5.41) is 12.9. The molecule has 130 valence electrons. The second kappa shape index (κ2) is 8.55. The lowest BCUT2D eigenvalue weighted by Gasteiger charge is -2.17. The largest absolute Gasteiger partial charge is 0.493 e. The van der Waals surface area contributed by atoms with Gasteiger partial charge in [0, 0.05) is 18.0 Å². The fourth-order valence-corrected chi connectivity index (χ4v) is 2.29. The number of rotatable bonds is 8. The monoisotopic (exact) mass is 331 g/mol. The van der Waals surface area contributed by atoms with E-state index in [1.807, 2.05) is 13.0 Å². The lowest BCUT2D eigenvalue weighted by atomic mass is 10.1. The van der Waals surface area contributed by atoms with Crippen LogP contribution in [-0.4, -0.2) is 23.7 Å². The molecular weight excluding hydrogens is 306 g/mol. The van der Waals surface area contributed by atoms with Crippen molar-refractivity contribution < 1.29 is 19.1 Å². The minimum absolute atomic E-state index is 0.191. The normalized spacial score (nSPS) is 13.5. The van der Waals surface area contributed by atoms with Crippen LogP contribution in [0.3, 0.4) is 0 Å². The third-order valence-corrected chi connectivity index (χ3v) is 3.51. The van der Waals surface area contributed by atoms with Crippen LogP contribution >= 0.6 is 0 Å². The van der Waals surface area contributed by atoms with Crippen LogP contribution in [0.5, 0.6) is 5.75 Å². The lowest BCUT2D eigenvalue weighted by molar-refractivity contribution is 0.0902. The first-order valence-electron chi connectivity index (χ1n) is 8.21. The van der Waals surface area contributed by atoms with E-state index in [1.54, 1.807) is 30.3 Å². The Morgan fingerprint density at radius 3 is 2.71 bits per heavy atom. The zero-order chi connectivity index (χ0) is 17.5. The third-order valence-electron chi connectivity index (χ3n) is 3.51. The van der Waals surface area contributed by atoms with E-state index in [2.05, 4.69) is 19.2 Å². The van der Waals surface area contributed by atoms with Crippen LogP contribution in [0, 0.1) is 5.92 Å². The Balaban J connectivity index is 1.90. The van der Waals surface area contributed by atoms with Crippen molar-refractivity contribution in [1.29, 1.82) is 0 Å². The molecule has 0 aliphatic rings. The highest BCUT2D eigenvalue weighted by molar-refractivity contribution is 5.94. The van der Waals surface area contributed by atoms with Crippen molar-refractivity contribution in [3.05, 3.63) is 54.0 Å². The Morgan fingerprint density at radius 1 is 1.25 bits per heavy atom. The quantitative estimate of drug-likeness (QED) is 0.776. The molecular formula is C19H25NO4. The molecule has 2 N–H and O–H groups in total. The van der Waals surface area contributed by atoms with Crippen LogP contribution in [0.25, 0.3) is 0 Å². The number of aliphatic hydroxyl groups is 1. The summed E-state index contributed by atoms with van der Waals surface area (Å²) in [6, 6.07) is 10.4. The summed E-state index contributed by atoms with van der Waals surface area (Å²) >= 11 is 0. The molecule has 0 saturated heterocycles. The Hall–Kier alpha value is -2.27. The SMILES string of the molecule is CC(C)COc1cccc(C(=O)NC(C)CC(O)c2ccco2)c1. The van der Waals surface area contributed by atoms with Gasteiger partial charge in [-0.05, 0) is 43.2 Å². The van der Waals surface area contributed by atoms with Crippen molar-refractivity contribution in [2.75, 3.05) is 6.61 Å². The van der Waals surface area contributed by atoms with E-state index in [-0.39, 0.29) is 11.9 Å². The predicted octanol–water partition coefficient (Wildman–Crippen LogP) is 3.56. The van der Waals surface area contributed by atoms with Gasteiger partial charge in [-0.1, -0.05) is 19.9 Å². The molecule has 2 aromatic rings. The summed E-state index contributed by atoms with van der Waals surface area (Å²) in [7, 11) is 0. The maximum Gasteiger partial charge on any atom is 0.251 e. The zero-order valence-electron chi connectivity index (χ0n) is 14.4. The van der Waals surface area contributed by atoms with Crippen molar-refractivity contribution in [2.45, 2.75) is 39.3 Å². The topological polar surface area (TPSA) is 71.7 Å². The number of nitrogens with one attached hydrogen (secondary N) is 1. The predicted molar refractivity (Wildman–Crippen MR) is 92.0 cm³/mol. The summed E-state index contributed by atoms with van der Waals surface area (Å²) in [4.78, 5) is 12.3. The smallest absolute Gasteiger partial charge is 0.251 e. The van der Waals surface area contributed by atoms with Gasteiger partial charge in [0.05, 0.1) is 12.9 Å². The standard InChI is InChI=1S/C19H25NO4/c1-13(2)12-24-16-7-4-6-15(11-16)19(22)20-14(3)10-17(21)18-8-5-9-23-18/h4-9,11,13-14,17,21H,10,12H2,1-3H3,(H,20,22). The molecule has 1 aromatic carbocycles. The summed E-state index contributed by atoms with van der Waals surface area (Å²) in [6.45, 7) is 6.60. The Labute approximate surface area is 142 Å². The fourth-order valence-electron chi connectivity index (χ4n) is 2.29. The molecule has 24 heavy (non-hydrogen) atoms. The van der Waals surface area contributed by atoms with Crippen molar-refractivity contribution in [3.63, 3.8) is 0 Å². The first kappa shape index (κ1) is 18.1. The van der Waals surface area contributed by atoms with E-state index in [4.69, 9.17) is 9.15 Å². The molecule has 0 saturated carbocycles. The molecule has 1 aromatic heterocycles. The number of hydrogen-bond donors (Lipinski definition) is 2. The second-order valence-corrected chi connectivity index (χ2v) is 6.37. The average Bonchev–Trinajstić information content (AvgIpc) is 3.07. The maximum atomic E-state index is 12.3. The van der Waals surface area contributed by atoms with E-state index in [0.717, 1.165) is 0 Å². The third kappa shape index (κ3) is 5.42. The molecule has 0 spiro atoms. The van der Waals surface area contributed by atoms with Gasteiger partial charge in [-0.3, -0.25) is 4.79 Å². The van der Waals surface area contributed by atoms with Gasteiger partial charge in [0.1, 0.15) is 17.6 Å². The van der Waals surface area contributed by atoms with Gasteiger partial charge in [-0.15, -0.1) is 0 Å². The van der Waals surface area contributed by atoms with Crippen molar-refractivity contribution in [3.8, 4) is 5.75 Å². The van der Waals surface area contributed by atoms with E-state index in [0.29, 0.717) is 36.0 Å². The van der Waals surface area contributed by atoms with Crippen LogP contribution in [-0.2, 0) is 0 Å². The first-order chi connectivity index (χ1) is 11.5. The minimum Gasteiger partial charge on any atom is -0.493 e. The second-order valence-electron chi connectivity index (χ2n) is 6.37. The molecule has 0 bridgehead atoms. The van der Waals surface area contributed by atoms with Gasteiger partial charge in [0.15, 0.2) is 0 Å². The average molecular weight is 331 g/mol. The highest BCUT2D eigenvalue weighted by atomic mass is 16.5. The van der Waals surface area contributed by atoms with Gasteiger partial charge in [0.2, 0.25) is 0 Å². The van der Waals surface area contributed by atoms with Gasteiger partial charge in [-0.2, -0.15) is 0 Å². The number of carbonyl (C=O) groups excluding carboxylic acids is 1. The van der Waals surface area contributed by atoms with Gasteiger partial charge < -0.3 is 19.6 Å². The molecule has 0 aliphatic carbocycles. The van der Waals surface area contributed by atoms with Crippen LogP contribution < -0.4 is 10.1 Å². The molecule has 2 atom stereocenters. The summed E-state index contributed by atoms with van der Waals surface area (Å²) in [6.07, 6.45) is 1.16. The van der Waals surface area contributed by atoms with E-state index in [1.165, 1.54) is 6.26 Å². The number of benzene rings is 1. The molecule has 1 heterocycles. The molecule has 0 aliphatic heterocycles. The molecule has 2 unspecified atom stereocenters. The van der Waals surface area contributed by atoms with Crippen LogP contribution in [0.4, 0.5) is 0 Å². The zero-order valence-corrected chi connectivity index (χ0v) is 14.4. The highest BCUT2D eigenvalue weighted by Crippen LogP contribution is 2.19. The fraction of sp³-hybridized carbons (Fsp3) is 0.421. The molecule has 0 radical (unpaired) electrons. The molecule has 0 fully saturated rings. The Kier molecular flexibility index (Phi) is 6.44.